The Morgan fingerprint density at radius 3 is 1.10 bits per heavy atom. The lowest BCUT2D eigenvalue weighted by molar-refractivity contribution is 1.12. The smallest absolute Gasteiger partial charge is 0.162 e. The van der Waals surface area contributed by atoms with E-state index in [1.807, 2.05) is 84.9 Å². The van der Waals surface area contributed by atoms with E-state index in [0.29, 0.717) is 16.8 Å². The van der Waals surface area contributed by atoms with E-state index in [1.165, 1.54) is 72.0 Å². The molecule has 18 aromatic rings. The molecule has 0 saturated heterocycles. The minimum Gasteiger partial charge on any atom is -0.354 e. The maximum Gasteiger partial charge on any atom is 0.162 e. The monoisotopic (exact) mass is 1360 g/mol. The Hall–Kier alpha value is -13.8. The number of halogens is 1. The fraction of sp³-hybridized carbons (Fsp3) is 0. The van der Waals surface area contributed by atoms with Crippen molar-refractivity contribution in [2.24, 2.45) is 0 Å². The molecule has 0 bridgehead atoms. The molecule has 4 aromatic heterocycles. The van der Waals surface area contributed by atoms with Crippen LogP contribution in [0, 0.1) is 0 Å². The van der Waals surface area contributed by atoms with Gasteiger partial charge in [-0.25, -0.2) is 19.9 Å². The SMILES string of the molecule is Clc1cc(-c2ccccc2)nc(-c2ccccc2)n1.c1ccc(-c2cc(N3c4ccccc4-c4c(n(-c5ccccc5)c5c(-c6ccccc6)cccc45)-c4ccccc43)nc(-c3ccccc3)n2)cc1.c1ccc(-c2cccc3c4c(n(-c5ccccc5)c23)-c2ccccc2Nc2ccccc2-4)cc1. The molecule has 0 atom stereocenters. The second-order valence-corrected chi connectivity index (χ2v) is 26.2. The van der Waals surface area contributed by atoms with Crippen LogP contribution < -0.4 is 10.2 Å². The van der Waals surface area contributed by atoms with Crippen molar-refractivity contribution >= 4 is 62.0 Å². The van der Waals surface area contributed by atoms with E-state index in [1.54, 1.807) is 6.07 Å². The predicted molar refractivity (Wildman–Crippen MR) is 435 cm³/mol. The van der Waals surface area contributed by atoms with Gasteiger partial charge in [0, 0.05) is 112 Å². The van der Waals surface area contributed by atoms with Crippen LogP contribution in [-0.2, 0) is 0 Å². The minimum atomic E-state index is 0.452. The number of nitrogens with one attached hydrogen (secondary N) is 1. The quantitative estimate of drug-likeness (QED) is 0.145. The first-order valence-electron chi connectivity index (χ1n) is 35.2. The van der Waals surface area contributed by atoms with Gasteiger partial charge in [-0.1, -0.05) is 339 Å². The Morgan fingerprint density at radius 2 is 0.600 bits per heavy atom. The van der Waals surface area contributed by atoms with E-state index in [9.17, 15) is 0 Å². The van der Waals surface area contributed by atoms with Gasteiger partial charge in [0.05, 0.1) is 45.2 Å². The first-order valence-corrected chi connectivity index (χ1v) is 35.6. The molecule has 2 aliphatic rings. The molecule has 0 saturated carbocycles. The summed E-state index contributed by atoms with van der Waals surface area (Å²) in [7, 11) is 0. The summed E-state index contributed by atoms with van der Waals surface area (Å²) >= 11 is 6.10. The molecule has 14 aromatic carbocycles. The maximum atomic E-state index is 6.10. The summed E-state index contributed by atoms with van der Waals surface area (Å²) in [5, 5.41) is 6.62. The van der Waals surface area contributed by atoms with Crippen molar-refractivity contribution in [3.63, 3.8) is 0 Å². The summed E-state index contributed by atoms with van der Waals surface area (Å²) in [6.45, 7) is 0. The summed E-state index contributed by atoms with van der Waals surface area (Å²) in [6.07, 6.45) is 0. The lowest BCUT2D eigenvalue weighted by Crippen LogP contribution is -2.14. The lowest BCUT2D eigenvalue weighted by atomic mass is 9.96. The average Bonchev–Trinajstić information content (AvgIpc) is 1.56. The molecule has 8 nitrogen and oxygen atoms in total. The number of aromatic nitrogens is 6. The van der Waals surface area contributed by atoms with Crippen LogP contribution in [0.3, 0.4) is 0 Å². The highest BCUT2D eigenvalue weighted by Gasteiger charge is 2.34. The van der Waals surface area contributed by atoms with Crippen LogP contribution in [0.15, 0.2) is 388 Å². The summed E-state index contributed by atoms with van der Waals surface area (Å²) in [4.78, 5) is 21.7. The Kier molecular flexibility index (Phi) is 16.9. The Labute approximate surface area is 614 Å². The first-order chi connectivity index (χ1) is 52.1. The molecule has 105 heavy (non-hydrogen) atoms. The van der Waals surface area contributed by atoms with Gasteiger partial charge in [0.2, 0.25) is 0 Å². The number of rotatable bonds is 9. The van der Waals surface area contributed by atoms with Crippen LogP contribution in [0.5, 0.6) is 0 Å². The van der Waals surface area contributed by atoms with E-state index >= 15 is 0 Å². The lowest BCUT2D eigenvalue weighted by Gasteiger charge is -2.27. The molecule has 9 heteroatoms. The zero-order chi connectivity index (χ0) is 70.0. The summed E-state index contributed by atoms with van der Waals surface area (Å²) in [6, 6.07) is 135. The van der Waals surface area contributed by atoms with Crippen molar-refractivity contribution < 1.29 is 0 Å². The average molecular weight is 1370 g/mol. The molecule has 0 radical (unpaired) electrons. The van der Waals surface area contributed by atoms with E-state index in [2.05, 4.69) is 327 Å². The number of anilines is 5. The highest BCUT2D eigenvalue weighted by Crippen LogP contribution is 2.56. The van der Waals surface area contributed by atoms with E-state index in [-0.39, 0.29) is 0 Å². The van der Waals surface area contributed by atoms with Gasteiger partial charge in [-0.15, -0.1) is 0 Å². The number of benzene rings is 14. The highest BCUT2D eigenvalue weighted by molar-refractivity contribution is 6.29. The van der Waals surface area contributed by atoms with E-state index in [4.69, 9.17) is 21.6 Å². The number of para-hydroxylation sites is 8. The Balaban J connectivity index is 0.000000126. The van der Waals surface area contributed by atoms with E-state index < -0.39 is 0 Å². The topological polar surface area (TPSA) is 76.7 Å². The number of hydrogen-bond acceptors (Lipinski definition) is 6. The molecule has 20 rings (SSSR count). The van der Waals surface area contributed by atoms with Crippen molar-refractivity contribution in [2.45, 2.75) is 0 Å². The third-order valence-corrected chi connectivity index (χ3v) is 19.7. The summed E-state index contributed by atoms with van der Waals surface area (Å²) in [5.41, 5.74) is 29.1. The predicted octanol–water partition coefficient (Wildman–Crippen LogP) is 25.7. The fourth-order valence-corrected chi connectivity index (χ4v) is 15.1. The van der Waals surface area contributed by atoms with Crippen molar-refractivity contribution in [1.29, 1.82) is 0 Å². The molecule has 0 amide bonds. The van der Waals surface area contributed by atoms with Crippen LogP contribution in [0.1, 0.15) is 0 Å². The normalized spacial score (nSPS) is 11.5. The summed E-state index contributed by atoms with van der Waals surface area (Å²) in [5.74, 6) is 2.13. The third kappa shape index (κ3) is 12.0. The van der Waals surface area contributed by atoms with Gasteiger partial charge in [-0.2, -0.15) is 0 Å². The van der Waals surface area contributed by atoms with Gasteiger partial charge >= 0.3 is 0 Å². The van der Waals surface area contributed by atoms with Gasteiger partial charge in [0.15, 0.2) is 11.6 Å². The molecule has 0 aliphatic carbocycles. The molecule has 0 spiro atoms. The standard InChI is InChI=1S/C48H32N4.C32H22N2.C16H11ClN2/c1-5-18-33(19-6-1)37-28-17-29-40-45-38-26-13-15-30-42(38)52(43-31-16-14-27-39(43)47(45)51(46(37)40)36-24-11-4-12-25-36)44-32-41(34-20-7-2-8-21-34)49-48(50-44)35-22-9-3-10-23-35;1-3-12-22(13-4-1)24-18-11-19-27-30-25-16-7-9-20-28(25)33-29-21-10-8-17-26(29)32(30)34(31(24)27)23-14-5-2-6-15-23;17-15-11-14(12-7-3-1-4-8-12)18-16(19-15)13-9-5-2-6-10-13/h1-32H;1-21,33H;1-11H. The number of fused-ring (bicyclic) bond motifs is 14. The summed E-state index contributed by atoms with van der Waals surface area (Å²) < 4.78 is 4.92. The maximum absolute atomic E-state index is 6.10. The van der Waals surface area contributed by atoms with Gasteiger partial charge < -0.3 is 14.5 Å². The van der Waals surface area contributed by atoms with Gasteiger partial charge in [0.25, 0.3) is 0 Å². The zero-order valence-corrected chi connectivity index (χ0v) is 57.7. The zero-order valence-electron chi connectivity index (χ0n) is 57.0. The molecule has 0 unspecified atom stereocenters. The van der Waals surface area contributed by atoms with Gasteiger partial charge in [0.1, 0.15) is 11.0 Å². The molecule has 6 heterocycles. The van der Waals surface area contributed by atoms with Crippen LogP contribution in [0.4, 0.5) is 28.6 Å². The molecular formula is C96H65ClN8. The van der Waals surface area contributed by atoms with Crippen LogP contribution in [0.2, 0.25) is 5.15 Å². The largest absolute Gasteiger partial charge is 0.354 e. The third-order valence-electron chi connectivity index (χ3n) is 19.5. The van der Waals surface area contributed by atoms with Crippen LogP contribution in [-0.4, -0.2) is 29.1 Å². The molecule has 1 N–H and O–H groups in total. The molecule has 0 fully saturated rings. The van der Waals surface area contributed by atoms with Crippen LogP contribution in [0.25, 0.3) is 145 Å². The minimum absolute atomic E-state index is 0.452. The number of hydrogen-bond donors (Lipinski definition) is 1. The van der Waals surface area contributed by atoms with Gasteiger partial charge in [-0.05, 0) is 59.7 Å². The van der Waals surface area contributed by atoms with Crippen molar-refractivity contribution in [3.05, 3.63) is 393 Å². The highest BCUT2D eigenvalue weighted by atomic mass is 35.5. The second kappa shape index (κ2) is 28.0. The first kappa shape index (κ1) is 63.4. The molecule has 2 aliphatic heterocycles. The van der Waals surface area contributed by atoms with Crippen molar-refractivity contribution in [1.82, 2.24) is 29.1 Å². The Bertz CT molecular complexity index is 6060. The van der Waals surface area contributed by atoms with Crippen molar-refractivity contribution in [3.8, 4) is 124 Å². The van der Waals surface area contributed by atoms with E-state index in [0.717, 1.165) is 90.4 Å². The Morgan fingerprint density at radius 1 is 0.257 bits per heavy atom. The number of nitrogens with zero attached hydrogens (tertiary/aromatic N) is 7. The van der Waals surface area contributed by atoms with Gasteiger partial charge in [-0.3, -0.25) is 4.90 Å². The molecule has 496 valence electrons. The fourth-order valence-electron chi connectivity index (χ4n) is 14.9. The molecular weight excluding hydrogens is 1300 g/mol. The van der Waals surface area contributed by atoms with Crippen LogP contribution >= 0.6 is 11.6 Å². The second-order valence-electron chi connectivity index (χ2n) is 25.8. The van der Waals surface area contributed by atoms with Crippen molar-refractivity contribution in [2.75, 3.05) is 10.2 Å².